The van der Waals surface area contributed by atoms with Crippen LogP contribution in [0.5, 0.6) is 0 Å². The van der Waals surface area contributed by atoms with Gasteiger partial charge in [-0.3, -0.25) is 0 Å². The number of hydrogen-bond acceptors (Lipinski definition) is 2. The fraction of sp³-hybridized carbons (Fsp3) is 0.714. The molecule has 1 N–H and O–H groups in total. The molecule has 2 rings (SSSR count). The van der Waals surface area contributed by atoms with Crippen LogP contribution in [-0.2, 0) is 0 Å². The number of aliphatic hydroxyl groups is 1. The molecule has 1 aromatic rings. The molecule has 2 nitrogen and oxygen atoms in total. The van der Waals surface area contributed by atoms with E-state index in [1.165, 1.54) is 19.3 Å². The number of furan rings is 1. The van der Waals surface area contributed by atoms with E-state index in [2.05, 4.69) is 0 Å². The SMILES string of the molecule is Cc1oc(C)c(C(O)C2CCCCC2)c1C. The van der Waals surface area contributed by atoms with Gasteiger partial charge in [0.15, 0.2) is 0 Å². The molecule has 0 amide bonds. The number of hydrogen-bond donors (Lipinski definition) is 1. The molecule has 1 fully saturated rings. The summed E-state index contributed by atoms with van der Waals surface area (Å²) in [5, 5.41) is 10.5. The number of rotatable bonds is 2. The molecular formula is C14H22O2. The van der Waals surface area contributed by atoms with Crippen LogP contribution in [0.15, 0.2) is 4.42 Å². The molecule has 0 spiro atoms. The van der Waals surface area contributed by atoms with Crippen LogP contribution in [0, 0.1) is 26.7 Å². The fourth-order valence-corrected chi connectivity index (χ4v) is 2.93. The average molecular weight is 222 g/mol. The Morgan fingerprint density at radius 2 is 1.69 bits per heavy atom. The fourth-order valence-electron chi connectivity index (χ4n) is 2.93. The molecule has 0 bridgehead atoms. The standard InChI is InChI=1S/C14H22O2/c1-9-10(2)16-11(3)13(9)14(15)12-7-5-4-6-8-12/h12,14-15H,4-8H2,1-3H3. The van der Waals surface area contributed by atoms with E-state index in [0.717, 1.165) is 35.5 Å². The van der Waals surface area contributed by atoms with Crippen molar-refractivity contribution in [1.29, 1.82) is 0 Å². The molecule has 0 aromatic carbocycles. The maximum absolute atomic E-state index is 10.5. The first-order valence-electron chi connectivity index (χ1n) is 6.35. The summed E-state index contributed by atoms with van der Waals surface area (Å²) < 4.78 is 5.60. The highest BCUT2D eigenvalue weighted by Crippen LogP contribution is 2.38. The van der Waals surface area contributed by atoms with Crippen LogP contribution >= 0.6 is 0 Å². The van der Waals surface area contributed by atoms with Crippen molar-refractivity contribution < 1.29 is 9.52 Å². The van der Waals surface area contributed by atoms with Gasteiger partial charge >= 0.3 is 0 Å². The second kappa shape index (κ2) is 4.62. The van der Waals surface area contributed by atoms with Crippen molar-refractivity contribution in [3.63, 3.8) is 0 Å². The zero-order valence-electron chi connectivity index (χ0n) is 10.5. The Hall–Kier alpha value is -0.760. The largest absolute Gasteiger partial charge is 0.466 e. The van der Waals surface area contributed by atoms with Crippen molar-refractivity contribution in [3.05, 3.63) is 22.6 Å². The Morgan fingerprint density at radius 1 is 1.06 bits per heavy atom. The normalized spacial score (nSPS) is 20.0. The van der Waals surface area contributed by atoms with Crippen LogP contribution in [0.2, 0.25) is 0 Å². The molecule has 1 aromatic heterocycles. The second-order valence-corrected chi connectivity index (χ2v) is 5.10. The van der Waals surface area contributed by atoms with Gasteiger partial charge in [0.1, 0.15) is 11.5 Å². The lowest BCUT2D eigenvalue weighted by atomic mass is 9.82. The van der Waals surface area contributed by atoms with Crippen molar-refractivity contribution in [2.24, 2.45) is 5.92 Å². The van der Waals surface area contributed by atoms with Crippen molar-refractivity contribution >= 4 is 0 Å². The summed E-state index contributed by atoms with van der Waals surface area (Å²) in [5.41, 5.74) is 2.18. The van der Waals surface area contributed by atoms with Crippen LogP contribution in [0.4, 0.5) is 0 Å². The van der Waals surface area contributed by atoms with Gasteiger partial charge < -0.3 is 9.52 Å². The average Bonchev–Trinajstić information content (AvgIpc) is 2.54. The van der Waals surface area contributed by atoms with Gasteiger partial charge in [-0.15, -0.1) is 0 Å². The highest BCUT2D eigenvalue weighted by Gasteiger charge is 2.27. The van der Waals surface area contributed by atoms with Crippen molar-refractivity contribution in [3.8, 4) is 0 Å². The first-order valence-corrected chi connectivity index (χ1v) is 6.35. The molecule has 1 unspecified atom stereocenters. The van der Waals surface area contributed by atoms with E-state index >= 15 is 0 Å². The third kappa shape index (κ3) is 2.03. The summed E-state index contributed by atoms with van der Waals surface area (Å²) in [4.78, 5) is 0. The summed E-state index contributed by atoms with van der Waals surface area (Å²) in [5.74, 6) is 2.28. The monoisotopic (exact) mass is 222 g/mol. The van der Waals surface area contributed by atoms with E-state index in [-0.39, 0.29) is 6.10 Å². The van der Waals surface area contributed by atoms with Crippen LogP contribution < -0.4 is 0 Å². The Bertz CT molecular complexity index is 359. The van der Waals surface area contributed by atoms with E-state index in [1.807, 2.05) is 20.8 Å². The molecule has 0 radical (unpaired) electrons. The highest BCUT2D eigenvalue weighted by atomic mass is 16.3. The number of aliphatic hydroxyl groups excluding tert-OH is 1. The summed E-state index contributed by atoms with van der Waals surface area (Å²) >= 11 is 0. The molecule has 0 saturated heterocycles. The maximum atomic E-state index is 10.5. The van der Waals surface area contributed by atoms with E-state index < -0.39 is 0 Å². The van der Waals surface area contributed by atoms with Crippen LogP contribution in [0.3, 0.4) is 0 Å². The van der Waals surface area contributed by atoms with Crippen molar-refractivity contribution in [2.45, 2.75) is 59.0 Å². The molecule has 2 heteroatoms. The third-order valence-corrected chi connectivity index (χ3v) is 4.01. The first-order chi connectivity index (χ1) is 7.61. The highest BCUT2D eigenvalue weighted by molar-refractivity contribution is 5.33. The molecule has 1 saturated carbocycles. The smallest absolute Gasteiger partial charge is 0.107 e. The minimum atomic E-state index is -0.322. The quantitative estimate of drug-likeness (QED) is 0.825. The van der Waals surface area contributed by atoms with Gasteiger partial charge in [0.05, 0.1) is 6.10 Å². The van der Waals surface area contributed by atoms with Gasteiger partial charge in [-0.1, -0.05) is 19.3 Å². The molecule has 90 valence electrons. The zero-order chi connectivity index (χ0) is 11.7. The minimum Gasteiger partial charge on any atom is -0.466 e. The maximum Gasteiger partial charge on any atom is 0.107 e. The predicted molar refractivity (Wildman–Crippen MR) is 64.5 cm³/mol. The van der Waals surface area contributed by atoms with Crippen molar-refractivity contribution in [2.75, 3.05) is 0 Å². The van der Waals surface area contributed by atoms with E-state index in [4.69, 9.17) is 4.42 Å². The molecule has 1 aliphatic carbocycles. The molecular weight excluding hydrogens is 200 g/mol. The molecule has 1 heterocycles. The molecule has 16 heavy (non-hydrogen) atoms. The summed E-state index contributed by atoms with van der Waals surface area (Å²) in [6.07, 6.45) is 5.84. The van der Waals surface area contributed by atoms with Crippen LogP contribution in [0.1, 0.15) is 60.9 Å². The van der Waals surface area contributed by atoms with Gasteiger partial charge in [-0.25, -0.2) is 0 Å². The van der Waals surface area contributed by atoms with Crippen molar-refractivity contribution in [1.82, 2.24) is 0 Å². The van der Waals surface area contributed by atoms with Gasteiger partial charge in [-0.05, 0) is 45.1 Å². The summed E-state index contributed by atoms with van der Waals surface area (Å²) in [6.45, 7) is 5.98. The zero-order valence-corrected chi connectivity index (χ0v) is 10.5. The summed E-state index contributed by atoms with van der Waals surface area (Å²) in [6, 6.07) is 0. The summed E-state index contributed by atoms with van der Waals surface area (Å²) in [7, 11) is 0. The molecule has 0 aliphatic heterocycles. The van der Waals surface area contributed by atoms with E-state index in [0.29, 0.717) is 5.92 Å². The van der Waals surface area contributed by atoms with Crippen LogP contribution in [-0.4, -0.2) is 5.11 Å². The Labute approximate surface area is 97.7 Å². The van der Waals surface area contributed by atoms with Gasteiger partial charge in [0, 0.05) is 5.56 Å². The van der Waals surface area contributed by atoms with E-state index in [9.17, 15) is 5.11 Å². The first kappa shape index (κ1) is 11.7. The lowest BCUT2D eigenvalue weighted by Gasteiger charge is -2.26. The lowest BCUT2D eigenvalue weighted by Crippen LogP contribution is -2.16. The Kier molecular flexibility index (Phi) is 3.38. The van der Waals surface area contributed by atoms with Gasteiger partial charge in [0.2, 0.25) is 0 Å². The molecule has 1 atom stereocenters. The van der Waals surface area contributed by atoms with Gasteiger partial charge in [0.25, 0.3) is 0 Å². The Balaban J connectivity index is 2.22. The third-order valence-electron chi connectivity index (χ3n) is 4.01. The second-order valence-electron chi connectivity index (χ2n) is 5.10. The molecule has 1 aliphatic rings. The lowest BCUT2D eigenvalue weighted by molar-refractivity contribution is 0.0831. The topological polar surface area (TPSA) is 33.4 Å². The minimum absolute atomic E-state index is 0.322. The Morgan fingerprint density at radius 3 is 2.19 bits per heavy atom. The van der Waals surface area contributed by atoms with Crippen LogP contribution in [0.25, 0.3) is 0 Å². The predicted octanol–water partition coefficient (Wildman–Crippen LogP) is 3.82. The van der Waals surface area contributed by atoms with E-state index in [1.54, 1.807) is 0 Å². The van der Waals surface area contributed by atoms with Gasteiger partial charge in [-0.2, -0.15) is 0 Å². The number of aryl methyl sites for hydroxylation is 2.